The Kier molecular flexibility index (Phi) is 6.36. The van der Waals surface area contributed by atoms with Crippen molar-refractivity contribution in [1.29, 1.82) is 5.26 Å². The Morgan fingerprint density at radius 2 is 2.04 bits per heavy atom. The first-order valence-corrected chi connectivity index (χ1v) is 9.76. The summed E-state index contributed by atoms with van der Waals surface area (Å²) in [6.45, 7) is 2.57. The van der Waals surface area contributed by atoms with Crippen LogP contribution in [0.1, 0.15) is 11.9 Å². The molecule has 3 aromatic rings. The summed E-state index contributed by atoms with van der Waals surface area (Å²) in [4.78, 5) is 4.57. The van der Waals surface area contributed by atoms with E-state index in [2.05, 4.69) is 16.4 Å². The van der Waals surface area contributed by atoms with Gasteiger partial charge in [-0.15, -0.1) is 11.3 Å². The SMILES string of the molecule is CCOc1ccc(-c2csc(/C(C#N)=C\Nc3cccc(Cl)c3Cl)n2)cc1. The summed E-state index contributed by atoms with van der Waals surface area (Å²) < 4.78 is 5.45. The molecule has 1 aromatic heterocycles. The zero-order chi connectivity index (χ0) is 19.2. The van der Waals surface area contributed by atoms with Crippen molar-refractivity contribution >= 4 is 45.8 Å². The monoisotopic (exact) mass is 415 g/mol. The van der Waals surface area contributed by atoms with Gasteiger partial charge in [-0.2, -0.15) is 5.26 Å². The van der Waals surface area contributed by atoms with Gasteiger partial charge >= 0.3 is 0 Å². The number of benzene rings is 2. The Bertz CT molecular complexity index is 1010. The normalized spacial score (nSPS) is 11.1. The zero-order valence-electron chi connectivity index (χ0n) is 14.4. The second-order valence-corrected chi connectivity index (χ2v) is 7.05. The molecular weight excluding hydrogens is 401 g/mol. The van der Waals surface area contributed by atoms with E-state index in [-0.39, 0.29) is 0 Å². The van der Waals surface area contributed by atoms with Gasteiger partial charge in [-0.05, 0) is 43.3 Å². The number of anilines is 1. The number of allylic oxidation sites excluding steroid dienone is 1. The van der Waals surface area contributed by atoms with E-state index in [9.17, 15) is 5.26 Å². The molecule has 1 heterocycles. The topological polar surface area (TPSA) is 57.9 Å². The van der Waals surface area contributed by atoms with Gasteiger partial charge in [-0.1, -0.05) is 29.3 Å². The van der Waals surface area contributed by atoms with Crippen LogP contribution in [0.15, 0.2) is 54.0 Å². The minimum Gasteiger partial charge on any atom is -0.494 e. The Hall–Kier alpha value is -2.52. The molecule has 0 spiro atoms. The van der Waals surface area contributed by atoms with E-state index >= 15 is 0 Å². The Labute approximate surface area is 171 Å². The third-order valence-electron chi connectivity index (χ3n) is 3.64. The Morgan fingerprint density at radius 1 is 1.26 bits per heavy atom. The van der Waals surface area contributed by atoms with Gasteiger partial charge in [0.25, 0.3) is 0 Å². The number of ether oxygens (including phenoxy) is 1. The molecule has 0 unspecified atom stereocenters. The maximum Gasteiger partial charge on any atom is 0.136 e. The molecule has 0 bridgehead atoms. The van der Waals surface area contributed by atoms with Crippen molar-refractivity contribution < 1.29 is 4.74 Å². The van der Waals surface area contributed by atoms with Crippen LogP contribution in [-0.2, 0) is 0 Å². The number of nitrogens with one attached hydrogen (secondary N) is 1. The van der Waals surface area contributed by atoms with Gasteiger partial charge in [0.05, 0.1) is 28.0 Å². The van der Waals surface area contributed by atoms with Crippen molar-refractivity contribution in [2.24, 2.45) is 0 Å². The number of thiazole rings is 1. The molecule has 27 heavy (non-hydrogen) atoms. The van der Waals surface area contributed by atoms with Gasteiger partial charge in [0.15, 0.2) is 0 Å². The van der Waals surface area contributed by atoms with E-state index in [0.717, 1.165) is 17.0 Å². The fraction of sp³-hybridized carbons (Fsp3) is 0.100. The lowest BCUT2D eigenvalue weighted by Gasteiger charge is -2.05. The van der Waals surface area contributed by atoms with Crippen LogP contribution in [0.4, 0.5) is 5.69 Å². The third-order valence-corrected chi connectivity index (χ3v) is 5.33. The van der Waals surface area contributed by atoms with Gasteiger partial charge in [0, 0.05) is 17.1 Å². The molecule has 2 aromatic carbocycles. The highest BCUT2D eigenvalue weighted by molar-refractivity contribution is 7.11. The van der Waals surface area contributed by atoms with Crippen LogP contribution in [-0.4, -0.2) is 11.6 Å². The standard InChI is InChI=1S/C20H15Cl2N3OS/c1-2-26-15-8-6-13(7-9-15)18-12-27-20(25-18)14(10-23)11-24-17-5-3-4-16(21)19(17)22/h3-9,11-12,24H,2H2,1H3/b14-11-. The van der Waals surface area contributed by atoms with Gasteiger partial charge < -0.3 is 10.1 Å². The number of hydrogen-bond donors (Lipinski definition) is 1. The van der Waals surface area contributed by atoms with Crippen molar-refractivity contribution in [2.75, 3.05) is 11.9 Å². The van der Waals surface area contributed by atoms with Crippen LogP contribution in [0, 0.1) is 11.3 Å². The zero-order valence-corrected chi connectivity index (χ0v) is 16.7. The first-order valence-electron chi connectivity index (χ1n) is 8.12. The minimum atomic E-state index is 0.405. The second-order valence-electron chi connectivity index (χ2n) is 5.41. The molecule has 1 N–H and O–H groups in total. The first-order chi connectivity index (χ1) is 13.1. The number of rotatable bonds is 6. The van der Waals surface area contributed by atoms with Gasteiger partial charge in [0.1, 0.15) is 22.4 Å². The molecule has 0 aliphatic rings. The molecule has 4 nitrogen and oxygen atoms in total. The van der Waals surface area contributed by atoms with Crippen molar-refractivity contribution in [3.8, 4) is 23.1 Å². The van der Waals surface area contributed by atoms with Crippen LogP contribution in [0.3, 0.4) is 0 Å². The quantitative estimate of drug-likeness (QED) is 0.467. The highest BCUT2D eigenvalue weighted by Crippen LogP contribution is 2.31. The number of nitrogens with zero attached hydrogens (tertiary/aromatic N) is 2. The number of hydrogen-bond acceptors (Lipinski definition) is 5. The molecule has 0 aliphatic carbocycles. The summed E-state index contributed by atoms with van der Waals surface area (Å²) in [7, 11) is 0. The Morgan fingerprint density at radius 3 is 2.74 bits per heavy atom. The first kappa shape index (κ1) is 19.2. The second kappa shape index (κ2) is 8.92. The van der Waals surface area contributed by atoms with E-state index in [4.69, 9.17) is 27.9 Å². The average Bonchev–Trinajstić information content (AvgIpc) is 3.16. The Balaban J connectivity index is 1.81. The number of aromatic nitrogens is 1. The molecule has 136 valence electrons. The summed E-state index contributed by atoms with van der Waals surface area (Å²) in [5.41, 5.74) is 2.80. The van der Waals surface area contributed by atoms with Crippen LogP contribution >= 0.6 is 34.5 Å². The third kappa shape index (κ3) is 4.61. The van der Waals surface area contributed by atoms with Crippen molar-refractivity contribution in [3.05, 3.63) is 69.1 Å². The molecule has 7 heteroatoms. The summed E-state index contributed by atoms with van der Waals surface area (Å²) >= 11 is 13.6. The fourth-order valence-corrected chi connectivity index (χ4v) is 3.48. The predicted octanol–water partition coefficient (Wildman–Crippen LogP) is 6.49. The summed E-state index contributed by atoms with van der Waals surface area (Å²) in [5.74, 6) is 0.817. The van der Waals surface area contributed by atoms with Crippen LogP contribution in [0.25, 0.3) is 16.8 Å². The van der Waals surface area contributed by atoms with E-state index < -0.39 is 0 Å². The van der Waals surface area contributed by atoms with E-state index in [1.807, 2.05) is 36.6 Å². The summed E-state index contributed by atoms with van der Waals surface area (Å²) in [6, 6.07) is 15.1. The molecule has 0 saturated carbocycles. The lowest BCUT2D eigenvalue weighted by Crippen LogP contribution is -1.92. The lowest BCUT2D eigenvalue weighted by molar-refractivity contribution is 0.340. The highest BCUT2D eigenvalue weighted by atomic mass is 35.5. The van der Waals surface area contributed by atoms with Crippen molar-refractivity contribution in [1.82, 2.24) is 4.98 Å². The van der Waals surface area contributed by atoms with Crippen molar-refractivity contribution in [2.45, 2.75) is 6.92 Å². The molecule has 3 rings (SSSR count). The average molecular weight is 416 g/mol. The molecule has 0 radical (unpaired) electrons. The van der Waals surface area contributed by atoms with Crippen molar-refractivity contribution in [3.63, 3.8) is 0 Å². The molecule has 0 amide bonds. The van der Waals surface area contributed by atoms with Crippen LogP contribution < -0.4 is 10.1 Å². The summed E-state index contributed by atoms with van der Waals surface area (Å²) in [5, 5.41) is 15.9. The maximum absolute atomic E-state index is 9.49. The smallest absolute Gasteiger partial charge is 0.136 e. The van der Waals surface area contributed by atoms with Crippen LogP contribution in [0.2, 0.25) is 10.0 Å². The van der Waals surface area contributed by atoms with E-state index in [0.29, 0.717) is 32.9 Å². The fourth-order valence-electron chi connectivity index (χ4n) is 2.33. The maximum atomic E-state index is 9.49. The van der Waals surface area contributed by atoms with Gasteiger partial charge in [0.2, 0.25) is 0 Å². The highest BCUT2D eigenvalue weighted by Gasteiger charge is 2.10. The largest absolute Gasteiger partial charge is 0.494 e. The van der Waals surface area contributed by atoms with Gasteiger partial charge in [-0.25, -0.2) is 4.98 Å². The van der Waals surface area contributed by atoms with Gasteiger partial charge in [-0.3, -0.25) is 0 Å². The van der Waals surface area contributed by atoms with E-state index in [1.165, 1.54) is 11.3 Å². The number of nitriles is 1. The molecular formula is C20H15Cl2N3OS. The summed E-state index contributed by atoms with van der Waals surface area (Å²) in [6.07, 6.45) is 1.58. The number of halogens is 2. The minimum absolute atomic E-state index is 0.405. The molecule has 0 fully saturated rings. The molecule has 0 aliphatic heterocycles. The molecule has 0 saturated heterocycles. The van der Waals surface area contributed by atoms with Crippen LogP contribution in [0.5, 0.6) is 5.75 Å². The predicted molar refractivity (Wildman–Crippen MR) is 112 cm³/mol. The van der Waals surface area contributed by atoms with E-state index in [1.54, 1.807) is 24.4 Å². The lowest BCUT2D eigenvalue weighted by atomic mass is 10.2. The molecule has 0 atom stereocenters.